The lowest BCUT2D eigenvalue weighted by atomic mass is 10.2. The van der Waals surface area contributed by atoms with Gasteiger partial charge in [-0.3, -0.25) is 0 Å². The molecule has 106 valence electrons. The van der Waals surface area contributed by atoms with Crippen LogP contribution in [-0.2, 0) is 9.84 Å². The number of aromatic nitrogens is 1. The maximum atomic E-state index is 11.4. The Hall–Kier alpha value is -1.24. The normalized spacial score (nSPS) is 17.1. The van der Waals surface area contributed by atoms with Crippen LogP contribution in [0.2, 0.25) is 0 Å². The average molecular weight is 308 g/mol. The minimum absolute atomic E-state index is 0.0454. The van der Waals surface area contributed by atoms with Crippen molar-refractivity contribution in [1.82, 2.24) is 4.98 Å². The Morgan fingerprint density at radius 2 is 1.95 bits per heavy atom. The third-order valence-electron chi connectivity index (χ3n) is 3.52. The summed E-state index contributed by atoms with van der Waals surface area (Å²) >= 11 is 1.58. The van der Waals surface area contributed by atoms with Crippen molar-refractivity contribution in [3.05, 3.63) is 34.7 Å². The van der Waals surface area contributed by atoms with Crippen LogP contribution >= 0.6 is 11.3 Å². The quantitative estimate of drug-likeness (QED) is 0.942. The molecule has 0 bridgehead atoms. The van der Waals surface area contributed by atoms with Gasteiger partial charge in [-0.25, -0.2) is 13.4 Å². The second-order valence-electron chi connectivity index (χ2n) is 5.23. The van der Waals surface area contributed by atoms with E-state index in [1.807, 2.05) is 5.38 Å². The number of nitrogens with two attached hydrogens (primary N) is 1. The van der Waals surface area contributed by atoms with Gasteiger partial charge in [0.2, 0.25) is 0 Å². The van der Waals surface area contributed by atoms with E-state index >= 15 is 0 Å². The van der Waals surface area contributed by atoms with E-state index in [4.69, 9.17) is 5.73 Å². The molecule has 0 radical (unpaired) electrons. The molecular formula is C14H16N2O2S2. The predicted octanol–water partition coefficient (Wildman–Crippen LogP) is 2.62. The molecule has 4 nitrogen and oxygen atoms in total. The molecule has 1 aromatic heterocycles. The van der Waals surface area contributed by atoms with Crippen molar-refractivity contribution < 1.29 is 8.42 Å². The molecule has 6 heteroatoms. The highest BCUT2D eigenvalue weighted by molar-refractivity contribution is 7.90. The summed E-state index contributed by atoms with van der Waals surface area (Å²) in [5.74, 6) is 0.585. The fraction of sp³-hybridized carbons (Fsp3) is 0.357. The molecular weight excluding hydrogens is 292 g/mol. The van der Waals surface area contributed by atoms with Gasteiger partial charge in [0.1, 0.15) is 5.01 Å². The Kier molecular flexibility index (Phi) is 3.40. The lowest BCUT2D eigenvalue weighted by Crippen LogP contribution is -2.11. The van der Waals surface area contributed by atoms with E-state index in [0.29, 0.717) is 10.8 Å². The highest BCUT2D eigenvalue weighted by atomic mass is 32.2. The zero-order chi connectivity index (χ0) is 14.3. The molecule has 1 saturated carbocycles. The van der Waals surface area contributed by atoms with Gasteiger partial charge in [-0.2, -0.15) is 0 Å². The van der Waals surface area contributed by atoms with E-state index in [0.717, 1.165) is 16.3 Å². The van der Waals surface area contributed by atoms with Gasteiger partial charge >= 0.3 is 0 Å². The van der Waals surface area contributed by atoms with Gasteiger partial charge in [0, 0.05) is 17.2 Å². The number of benzene rings is 1. The highest BCUT2D eigenvalue weighted by Crippen LogP contribution is 2.40. The minimum atomic E-state index is -3.15. The second-order valence-corrected chi connectivity index (χ2v) is 8.14. The van der Waals surface area contributed by atoms with Gasteiger partial charge < -0.3 is 5.73 Å². The van der Waals surface area contributed by atoms with E-state index < -0.39 is 9.84 Å². The summed E-state index contributed by atoms with van der Waals surface area (Å²) in [6.07, 6.45) is 3.59. The Bertz CT molecular complexity index is 716. The first-order valence-corrected chi connectivity index (χ1v) is 9.24. The first-order valence-electron chi connectivity index (χ1n) is 6.46. The molecule has 1 atom stereocenters. The molecule has 0 spiro atoms. The van der Waals surface area contributed by atoms with Crippen LogP contribution in [0, 0.1) is 5.92 Å². The van der Waals surface area contributed by atoms with E-state index in [2.05, 4.69) is 4.98 Å². The second kappa shape index (κ2) is 4.95. The van der Waals surface area contributed by atoms with Crippen LogP contribution in [-0.4, -0.2) is 19.7 Å². The van der Waals surface area contributed by atoms with Crippen LogP contribution < -0.4 is 5.73 Å². The summed E-state index contributed by atoms with van der Waals surface area (Å²) in [5.41, 5.74) is 7.92. The van der Waals surface area contributed by atoms with Gasteiger partial charge in [-0.1, -0.05) is 12.1 Å². The predicted molar refractivity (Wildman–Crippen MR) is 80.3 cm³/mol. The van der Waals surface area contributed by atoms with Gasteiger partial charge in [-0.15, -0.1) is 11.3 Å². The van der Waals surface area contributed by atoms with Crippen LogP contribution in [0.1, 0.15) is 23.9 Å². The Morgan fingerprint density at radius 1 is 1.30 bits per heavy atom. The minimum Gasteiger partial charge on any atom is -0.322 e. The van der Waals surface area contributed by atoms with E-state index in [1.54, 1.807) is 35.6 Å². The number of nitrogens with zero attached hydrogens (tertiary/aromatic N) is 1. The zero-order valence-electron chi connectivity index (χ0n) is 11.1. The molecule has 1 unspecified atom stereocenters. The molecule has 1 heterocycles. The van der Waals surface area contributed by atoms with Gasteiger partial charge in [-0.05, 0) is 30.9 Å². The molecule has 0 aliphatic heterocycles. The Balaban J connectivity index is 1.86. The molecule has 0 saturated heterocycles. The summed E-state index contributed by atoms with van der Waals surface area (Å²) in [4.78, 5) is 4.90. The summed E-state index contributed by atoms with van der Waals surface area (Å²) < 4.78 is 22.9. The lowest BCUT2D eigenvalue weighted by Gasteiger charge is -2.05. The van der Waals surface area contributed by atoms with Crippen molar-refractivity contribution in [3.63, 3.8) is 0 Å². The number of rotatable bonds is 4. The van der Waals surface area contributed by atoms with E-state index in [-0.39, 0.29) is 6.04 Å². The molecule has 0 amide bonds. The van der Waals surface area contributed by atoms with Crippen LogP contribution in [0.25, 0.3) is 11.3 Å². The SMILES string of the molecule is CS(=O)(=O)c1ccc(-c2csc(C(N)C3CC3)n2)cc1. The number of sulfone groups is 1. The molecule has 1 fully saturated rings. The standard InChI is InChI=1S/C14H16N2O2S2/c1-20(17,18)11-6-4-9(5-7-11)12-8-19-14(16-12)13(15)10-2-3-10/h4-8,10,13H,2-3,15H2,1H3. The van der Waals surface area contributed by atoms with Gasteiger partial charge in [0.15, 0.2) is 9.84 Å². The molecule has 2 N–H and O–H groups in total. The molecule has 20 heavy (non-hydrogen) atoms. The van der Waals surface area contributed by atoms with Crippen molar-refractivity contribution in [2.24, 2.45) is 11.7 Å². The van der Waals surface area contributed by atoms with Crippen molar-refractivity contribution in [1.29, 1.82) is 0 Å². The third kappa shape index (κ3) is 2.77. The fourth-order valence-corrected chi connectivity index (χ4v) is 3.66. The Morgan fingerprint density at radius 3 is 2.50 bits per heavy atom. The largest absolute Gasteiger partial charge is 0.322 e. The van der Waals surface area contributed by atoms with Crippen molar-refractivity contribution in [3.8, 4) is 11.3 Å². The maximum absolute atomic E-state index is 11.4. The fourth-order valence-electron chi connectivity index (χ4n) is 2.10. The monoisotopic (exact) mass is 308 g/mol. The lowest BCUT2D eigenvalue weighted by molar-refractivity contribution is 0.602. The Labute approximate surface area is 122 Å². The van der Waals surface area contributed by atoms with Crippen LogP contribution in [0.3, 0.4) is 0 Å². The molecule has 3 rings (SSSR count). The summed E-state index contributed by atoms with van der Waals surface area (Å²) in [6, 6.07) is 6.86. The van der Waals surface area contributed by atoms with Crippen LogP contribution in [0.5, 0.6) is 0 Å². The smallest absolute Gasteiger partial charge is 0.175 e. The van der Waals surface area contributed by atoms with E-state index in [1.165, 1.54) is 19.1 Å². The van der Waals surface area contributed by atoms with Crippen LogP contribution in [0.15, 0.2) is 34.5 Å². The number of hydrogen-bond donors (Lipinski definition) is 1. The van der Waals surface area contributed by atoms with Crippen molar-refractivity contribution in [2.75, 3.05) is 6.26 Å². The first kappa shape index (κ1) is 13.7. The number of thiazole rings is 1. The van der Waals surface area contributed by atoms with Crippen molar-refractivity contribution in [2.45, 2.75) is 23.8 Å². The molecule has 1 aliphatic rings. The van der Waals surface area contributed by atoms with Crippen molar-refractivity contribution >= 4 is 21.2 Å². The highest BCUT2D eigenvalue weighted by Gasteiger charge is 2.31. The first-order chi connectivity index (χ1) is 9.45. The summed E-state index contributed by atoms with van der Waals surface area (Å²) in [5, 5.41) is 2.95. The maximum Gasteiger partial charge on any atom is 0.175 e. The topological polar surface area (TPSA) is 73.0 Å². The summed E-state index contributed by atoms with van der Waals surface area (Å²) in [6.45, 7) is 0. The third-order valence-corrected chi connectivity index (χ3v) is 5.59. The molecule has 1 aromatic carbocycles. The molecule has 1 aliphatic carbocycles. The van der Waals surface area contributed by atoms with Gasteiger partial charge in [0.25, 0.3) is 0 Å². The van der Waals surface area contributed by atoms with E-state index in [9.17, 15) is 8.42 Å². The molecule has 2 aromatic rings. The van der Waals surface area contributed by atoms with Gasteiger partial charge in [0.05, 0.1) is 16.6 Å². The van der Waals surface area contributed by atoms with Crippen LogP contribution in [0.4, 0.5) is 0 Å². The average Bonchev–Trinajstić information content (AvgIpc) is 3.14. The number of hydrogen-bond acceptors (Lipinski definition) is 5. The summed E-state index contributed by atoms with van der Waals surface area (Å²) in [7, 11) is -3.15. The zero-order valence-corrected chi connectivity index (χ0v) is 12.7.